The number of rotatable bonds is 4. The van der Waals surface area contributed by atoms with Gasteiger partial charge in [-0.2, -0.15) is 4.98 Å². The van der Waals surface area contributed by atoms with E-state index in [0.717, 1.165) is 17.4 Å². The fraction of sp³-hybridized carbons (Fsp3) is 0.389. The third-order valence-electron chi connectivity index (χ3n) is 4.61. The first-order chi connectivity index (χ1) is 13.4. The molecule has 1 aliphatic rings. The lowest BCUT2D eigenvalue weighted by molar-refractivity contribution is 0.0592. The van der Waals surface area contributed by atoms with Gasteiger partial charge in [-0.3, -0.25) is 9.48 Å². The number of aromatic nitrogens is 3. The Morgan fingerprint density at radius 3 is 2.75 bits per heavy atom. The number of carbonyl (C=O) groups is 1. The van der Waals surface area contributed by atoms with Crippen LogP contribution in [0.3, 0.4) is 0 Å². The van der Waals surface area contributed by atoms with Crippen LogP contribution in [0.1, 0.15) is 23.2 Å². The minimum atomic E-state index is -0.702. The highest BCUT2D eigenvalue weighted by Crippen LogP contribution is 2.32. The molecule has 1 amide bonds. The van der Waals surface area contributed by atoms with Gasteiger partial charge in [-0.25, -0.2) is 8.78 Å². The largest absolute Gasteiger partial charge is 0.479 e. The maximum absolute atomic E-state index is 13.8. The molecule has 2 aromatic heterocycles. The number of thiazole rings is 1. The van der Waals surface area contributed by atoms with Gasteiger partial charge in [0.05, 0.1) is 11.8 Å². The molecule has 0 aliphatic carbocycles. The van der Waals surface area contributed by atoms with Crippen molar-refractivity contribution in [3.05, 3.63) is 35.5 Å². The average molecular weight is 408 g/mol. The van der Waals surface area contributed by atoms with Gasteiger partial charge in [0.25, 0.3) is 11.1 Å². The molecule has 4 rings (SSSR count). The van der Waals surface area contributed by atoms with E-state index in [1.807, 2.05) is 0 Å². The molecule has 7 nitrogen and oxygen atoms in total. The highest BCUT2D eigenvalue weighted by molar-refractivity contribution is 7.20. The summed E-state index contributed by atoms with van der Waals surface area (Å²) in [5, 5.41) is 4.41. The summed E-state index contributed by atoms with van der Waals surface area (Å²) in [5.41, 5.74) is 0.533. The van der Waals surface area contributed by atoms with Gasteiger partial charge < -0.3 is 14.4 Å². The van der Waals surface area contributed by atoms with Crippen molar-refractivity contribution in [1.82, 2.24) is 19.7 Å². The Hall–Kier alpha value is -2.75. The van der Waals surface area contributed by atoms with Crippen LogP contribution < -0.4 is 9.47 Å². The molecule has 0 bridgehead atoms. The molecule has 0 atom stereocenters. The van der Waals surface area contributed by atoms with E-state index in [9.17, 15) is 13.6 Å². The zero-order valence-corrected chi connectivity index (χ0v) is 16.1. The second kappa shape index (κ2) is 7.34. The third-order valence-corrected chi connectivity index (χ3v) is 5.50. The normalized spacial score (nSPS) is 15.2. The molecular formula is C18H18F2N4O3S. The molecule has 0 unspecified atom stereocenters. The number of halogens is 2. The average Bonchev–Trinajstić information content (AvgIpc) is 3.24. The van der Waals surface area contributed by atoms with Gasteiger partial charge in [0.2, 0.25) is 5.88 Å². The van der Waals surface area contributed by atoms with E-state index in [1.54, 1.807) is 18.1 Å². The number of nitrogens with zero attached hydrogens (tertiary/aromatic N) is 4. The fourth-order valence-corrected chi connectivity index (χ4v) is 4.16. The van der Waals surface area contributed by atoms with Crippen LogP contribution in [0.2, 0.25) is 0 Å². The Labute approximate surface area is 163 Å². The van der Waals surface area contributed by atoms with E-state index in [1.165, 1.54) is 17.9 Å². The molecule has 1 aromatic carbocycles. The molecule has 0 radical (unpaired) electrons. The number of hydrogen-bond donors (Lipinski definition) is 0. The van der Waals surface area contributed by atoms with E-state index in [0.29, 0.717) is 47.3 Å². The molecule has 3 aromatic rings. The van der Waals surface area contributed by atoms with Gasteiger partial charge in [0, 0.05) is 45.2 Å². The van der Waals surface area contributed by atoms with Crippen molar-refractivity contribution in [2.45, 2.75) is 18.9 Å². The van der Waals surface area contributed by atoms with Crippen molar-refractivity contribution < 1.29 is 23.0 Å². The highest BCUT2D eigenvalue weighted by Gasteiger charge is 2.28. The number of aryl methyl sites for hydroxylation is 1. The van der Waals surface area contributed by atoms with E-state index in [-0.39, 0.29) is 17.5 Å². The summed E-state index contributed by atoms with van der Waals surface area (Å²) >= 11 is 1.11. The lowest BCUT2D eigenvalue weighted by Crippen LogP contribution is -2.41. The van der Waals surface area contributed by atoms with Crippen LogP contribution in [-0.2, 0) is 7.05 Å². The first kappa shape index (κ1) is 18.6. The second-order valence-electron chi connectivity index (χ2n) is 6.55. The van der Waals surface area contributed by atoms with Crippen LogP contribution in [0.4, 0.5) is 8.78 Å². The lowest BCUT2D eigenvalue weighted by Gasteiger charge is -2.31. The maximum Gasteiger partial charge on any atom is 0.274 e. The van der Waals surface area contributed by atoms with Crippen molar-refractivity contribution >= 4 is 27.5 Å². The summed E-state index contributed by atoms with van der Waals surface area (Å²) in [6, 6.07) is 2.05. The number of benzene rings is 1. The lowest BCUT2D eigenvalue weighted by atomic mass is 10.1. The zero-order valence-electron chi connectivity index (χ0n) is 15.3. The van der Waals surface area contributed by atoms with E-state index >= 15 is 0 Å². The summed E-state index contributed by atoms with van der Waals surface area (Å²) < 4.78 is 40.1. The van der Waals surface area contributed by atoms with E-state index in [4.69, 9.17) is 9.47 Å². The predicted octanol–water partition coefficient (Wildman–Crippen LogP) is 3.00. The standard InChI is InChI=1S/C18H18F2N4O3S/c1-23-9-12(16(22-23)26-2)17(25)24-5-3-11(4-6-24)27-18-21-15-13(20)7-10(19)8-14(15)28-18/h7-9,11H,3-6H2,1-2H3. The molecule has 3 heterocycles. The van der Waals surface area contributed by atoms with E-state index < -0.39 is 11.6 Å². The SMILES string of the molecule is COc1nn(C)cc1C(=O)N1CCC(Oc2nc3c(F)cc(F)cc3s2)CC1. The second-order valence-corrected chi connectivity index (χ2v) is 7.54. The number of methoxy groups -OCH3 is 1. The first-order valence-corrected chi connectivity index (χ1v) is 9.55. The maximum atomic E-state index is 13.8. The van der Waals surface area contributed by atoms with Crippen molar-refractivity contribution in [3.63, 3.8) is 0 Å². The third kappa shape index (κ3) is 3.51. The molecule has 28 heavy (non-hydrogen) atoms. The number of amides is 1. The van der Waals surface area contributed by atoms with Crippen molar-refractivity contribution in [2.75, 3.05) is 20.2 Å². The van der Waals surface area contributed by atoms with Gasteiger partial charge in [-0.05, 0) is 6.07 Å². The predicted molar refractivity (Wildman–Crippen MR) is 98.8 cm³/mol. The van der Waals surface area contributed by atoms with Crippen LogP contribution in [-0.4, -0.2) is 51.9 Å². The molecule has 10 heteroatoms. The Morgan fingerprint density at radius 2 is 2.04 bits per heavy atom. The van der Waals surface area contributed by atoms with Crippen molar-refractivity contribution in [2.24, 2.45) is 7.05 Å². The highest BCUT2D eigenvalue weighted by atomic mass is 32.1. The summed E-state index contributed by atoms with van der Waals surface area (Å²) in [5.74, 6) is -1.18. The first-order valence-electron chi connectivity index (χ1n) is 8.73. The molecule has 0 N–H and O–H groups in total. The van der Waals surface area contributed by atoms with Gasteiger partial charge in [-0.1, -0.05) is 11.3 Å². The molecule has 1 fully saturated rings. The van der Waals surface area contributed by atoms with Crippen LogP contribution >= 0.6 is 11.3 Å². The van der Waals surface area contributed by atoms with Gasteiger partial charge >= 0.3 is 0 Å². The van der Waals surface area contributed by atoms with E-state index in [2.05, 4.69) is 10.1 Å². The topological polar surface area (TPSA) is 69.5 Å². The number of carbonyl (C=O) groups excluding carboxylic acids is 1. The molecule has 1 saturated heterocycles. The number of hydrogen-bond acceptors (Lipinski definition) is 6. The quantitative estimate of drug-likeness (QED) is 0.664. The van der Waals surface area contributed by atoms with Crippen molar-refractivity contribution in [1.29, 1.82) is 0 Å². The number of fused-ring (bicyclic) bond motifs is 1. The molecule has 148 valence electrons. The number of likely N-dealkylation sites (tertiary alicyclic amines) is 1. The minimum absolute atomic E-state index is 0.109. The van der Waals surface area contributed by atoms with Gasteiger partial charge in [-0.15, -0.1) is 5.10 Å². The fourth-order valence-electron chi connectivity index (χ4n) is 3.24. The van der Waals surface area contributed by atoms with Crippen LogP contribution in [0.5, 0.6) is 11.1 Å². The summed E-state index contributed by atoms with van der Waals surface area (Å²) in [6.45, 7) is 1.02. The Balaban J connectivity index is 1.40. The number of piperidine rings is 1. The molecule has 0 spiro atoms. The number of ether oxygens (including phenoxy) is 2. The summed E-state index contributed by atoms with van der Waals surface area (Å²) in [7, 11) is 3.21. The van der Waals surface area contributed by atoms with Crippen LogP contribution in [0.25, 0.3) is 10.2 Å². The molecular weight excluding hydrogens is 390 g/mol. The van der Waals surface area contributed by atoms with Crippen molar-refractivity contribution in [3.8, 4) is 11.1 Å². The monoisotopic (exact) mass is 408 g/mol. The summed E-state index contributed by atoms with van der Waals surface area (Å²) in [4.78, 5) is 18.6. The van der Waals surface area contributed by atoms with Gasteiger partial charge in [0.1, 0.15) is 23.0 Å². The Kier molecular flexibility index (Phi) is 4.88. The summed E-state index contributed by atoms with van der Waals surface area (Å²) in [6.07, 6.45) is 2.72. The minimum Gasteiger partial charge on any atom is -0.479 e. The molecule has 1 aliphatic heterocycles. The Bertz CT molecular complexity index is 1030. The zero-order chi connectivity index (χ0) is 19.8. The smallest absolute Gasteiger partial charge is 0.274 e. The van der Waals surface area contributed by atoms with Gasteiger partial charge in [0.15, 0.2) is 5.82 Å². The Morgan fingerprint density at radius 1 is 1.29 bits per heavy atom. The van der Waals surface area contributed by atoms with Crippen LogP contribution in [0, 0.1) is 11.6 Å². The van der Waals surface area contributed by atoms with Crippen LogP contribution in [0.15, 0.2) is 18.3 Å². The molecule has 0 saturated carbocycles.